The van der Waals surface area contributed by atoms with Crippen molar-refractivity contribution in [3.05, 3.63) is 41.7 Å². The molecular formula is C25H35FO. The SMILES string of the molecule is CCCCCC1CCC(/C=C/C#Cc2ccc(OCCCC)cc2F)CC1. The minimum absolute atomic E-state index is 0.308. The van der Waals surface area contributed by atoms with Gasteiger partial charge in [0.15, 0.2) is 0 Å². The Labute approximate surface area is 165 Å². The van der Waals surface area contributed by atoms with Gasteiger partial charge in [-0.25, -0.2) is 4.39 Å². The molecule has 148 valence electrons. The molecular weight excluding hydrogens is 335 g/mol. The molecule has 1 fully saturated rings. The first-order valence-electron chi connectivity index (χ1n) is 10.8. The molecule has 1 saturated carbocycles. The molecule has 0 aromatic heterocycles. The lowest BCUT2D eigenvalue weighted by molar-refractivity contribution is 0.289. The summed E-state index contributed by atoms with van der Waals surface area (Å²) in [5.74, 6) is 7.77. The van der Waals surface area contributed by atoms with Gasteiger partial charge in [-0.3, -0.25) is 0 Å². The molecule has 1 aromatic rings. The van der Waals surface area contributed by atoms with E-state index in [-0.39, 0.29) is 5.82 Å². The zero-order valence-electron chi connectivity index (χ0n) is 17.1. The van der Waals surface area contributed by atoms with Gasteiger partial charge in [-0.15, -0.1) is 0 Å². The number of hydrogen-bond acceptors (Lipinski definition) is 1. The summed E-state index contributed by atoms with van der Waals surface area (Å²) in [6.45, 7) is 5.00. The fourth-order valence-electron chi connectivity index (χ4n) is 3.68. The molecule has 1 aliphatic rings. The van der Waals surface area contributed by atoms with Crippen molar-refractivity contribution >= 4 is 0 Å². The van der Waals surface area contributed by atoms with E-state index in [1.165, 1.54) is 57.4 Å². The average molecular weight is 371 g/mol. The Balaban J connectivity index is 1.76. The summed E-state index contributed by atoms with van der Waals surface area (Å²) in [5.41, 5.74) is 0.433. The molecule has 0 N–H and O–H groups in total. The van der Waals surface area contributed by atoms with Gasteiger partial charge < -0.3 is 4.74 Å². The molecule has 1 aliphatic carbocycles. The van der Waals surface area contributed by atoms with Crippen LogP contribution in [0.5, 0.6) is 5.75 Å². The lowest BCUT2D eigenvalue weighted by atomic mass is 9.79. The molecule has 0 unspecified atom stereocenters. The number of unbranched alkanes of at least 4 members (excludes halogenated alkanes) is 3. The third-order valence-electron chi connectivity index (χ3n) is 5.47. The van der Waals surface area contributed by atoms with E-state index < -0.39 is 0 Å². The number of ether oxygens (including phenoxy) is 1. The van der Waals surface area contributed by atoms with Gasteiger partial charge in [0.05, 0.1) is 12.2 Å². The first-order valence-corrected chi connectivity index (χ1v) is 10.8. The van der Waals surface area contributed by atoms with Crippen LogP contribution in [0.15, 0.2) is 30.4 Å². The second-order valence-electron chi connectivity index (χ2n) is 7.75. The zero-order chi connectivity index (χ0) is 19.3. The predicted molar refractivity (Wildman–Crippen MR) is 112 cm³/mol. The molecule has 0 spiro atoms. The molecule has 0 amide bonds. The summed E-state index contributed by atoms with van der Waals surface area (Å²) in [6, 6.07) is 4.94. The van der Waals surface area contributed by atoms with E-state index in [4.69, 9.17) is 4.74 Å². The van der Waals surface area contributed by atoms with Crippen LogP contribution in [0.3, 0.4) is 0 Å². The number of benzene rings is 1. The minimum Gasteiger partial charge on any atom is -0.493 e. The monoisotopic (exact) mass is 370 g/mol. The van der Waals surface area contributed by atoms with Crippen molar-refractivity contribution in [1.82, 2.24) is 0 Å². The van der Waals surface area contributed by atoms with Crippen LogP contribution in [0.2, 0.25) is 0 Å². The molecule has 1 nitrogen and oxygen atoms in total. The largest absolute Gasteiger partial charge is 0.493 e. The van der Waals surface area contributed by atoms with E-state index in [0.29, 0.717) is 23.8 Å². The fourth-order valence-corrected chi connectivity index (χ4v) is 3.68. The van der Waals surface area contributed by atoms with E-state index in [0.717, 1.165) is 18.8 Å². The fraction of sp³-hybridized carbons (Fsp3) is 0.600. The maximum atomic E-state index is 14.1. The van der Waals surface area contributed by atoms with Crippen LogP contribution in [-0.4, -0.2) is 6.61 Å². The van der Waals surface area contributed by atoms with Crippen LogP contribution in [0, 0.1) is 29.5 Å². The first kappa shape index (κ1) is 21.5. The van der Waals surface area contributed by atoms with Crippen LogP contribution in [-0.2, 0) is 0 Å². The van der Waals surface area contributed by atoms with Crippen LogP contribution < -0.4 is 4.74 Å². The van der Waals surface area contributed by atoms with Gasteiger partial charge in [-0.1, -0.05) is 63.9 Å². The van der Waals surface area contributed by atoms with E-state index in [1.807, 2.05) is 6.08 Å². The van der Waals surface area contributed by atoms with Gasteiger partial charge >= 0.3 is 0 Å². The van der Waals surface area contributed by atoms with Gasteiger partial charge in [0.1, 0.15) is 11.6 Å². The molecule has 0 atom stereocenters. The summed E-state index contributed by atoms with van der Waals surface area (Å²) >= 11 is 0. The van der Waals surface area contributed by atoms with Crippen LogP contribution in [0.25, 0.3) is 0 Å². The second-order valence-corrected chi connectivity index (χ2v) is 7.75. The maximum absolute atomic E-state index is 14.1. The molecule has 2 heteroatoms. The molecule has 0 aliphatic heterocycles. The number of halogens is 1. The minimum atomic E-state index is -0.308. The third-order valence-corrected chi connectivity index (χ3v) is 5.47. The Bertz CT molecular complexity index is 629. The highest BCUT2D eigenvalue weighted by atomic mass is 19.1. The van der Waals surface area contributed by atoms with Crippen LogP contribution in [0.1, 0.15) is 83.6 Å². The average Bonchev–Trinajstić information content (AvgIpc) is 2.68. The van der Waals surface area contributed by atoms with E-state index in [9.17, 15) is 4.39 Å². The summed E-state index contributed by atoms with van der Waals surface area (Å²) in [7, 11) is 0. The predicted octanol–water partition coefficient (Wildman–Crippen LogP) is 7.30. The molecule has 1 aromatic carbocycles. The van der Waals surface area contributed by atoms with Crippen LogP contribution >= 0.6 is 0 Å². The summed E-state index contributed by atoms with van der Waals surface area (Å²) in [6.07, 6.45) is 16.9. The topological polar surface area (TPSA) is 9.23 Å². The van der Waals surface area contributed by atoms with Gasteiger partial charge in [0, 0.05) is 6.07 Å². The Hall–Kier alpha value is -1.75. The molecule has 0 radical (unpaired) electrons. The number of allylic oxidation sites excluding steroid dienone is 2. The lowest BCUT2D eigenvalue weighted by Gasteiger charge is -2.26. The highest BCUT2D eigenvalue weighted by Crippen LogP contribution is 2.32. The maximum Gasteiger partial charge on any atom is 0.142 e. The van der Waals surface area contributed by atoms with Crippen LogP contribution in [0.4, 0.5) is 4.39 Å². The van der Waals surface area contributed by atoms with Crippen molar-refractivity contribution in [1.29, 1.82) is 0 Å². The quantitative estimate of drug-likeness (QED) is 0.327. The lowest BCUT2D eigenvalue weighted by Crippen LogP contribution is -2.12. The Kier molecular flexibility index (Phi) is 10.1. The smallest absolute Gasteiger partial charge is 0.142 e. The van der Waals surface area contributed by atoms with Crippen molar-refractivity contribution < 1.29 is 9.13 Å². The molecule has 27 heavy (non-hydrogen) atoms. The highest BCUT2D eigenvalue weighted by molar-refractivity contribution is 5.41. The van der Waals surface area contributed by atoms with Crippen molar-refractivity contribution in [2.45, 2.75) is 78.1 Å². The van der Waals surface area contributed by atoms with Gasteiger partial charge in [-0.05, 0) is 62.1 Å². The number of rotatable bonds is 9. The van der Waals surface area contributed by atoms with Crippen molar-refractivity contribution in [3.8, 4) is 17.6 Å². The van der Waals surface area contributed by atoms with E-state index in [2.05, 4.69) is 31.8 Å². The summed E-state index contributed by atoms with van der Waals surface area (Å²) in [5, 5.41) is 0. The highest BCUT2D eigenvalue weighted by Gasteiger charge is 2.18. The molecule has 2 rings (SSSR count). The Morgan fingerprint density at radius 1 is 1.07 bits per heavy atom. The third kappa shape index (κ3) is 8.21. The zero-order valence-corrected chi connectivity index (χ0v) is 17.1. The van der Waals surface area contributed by atoms with Crippen molar-refractivity contribution in [3.63, 3.8) is 0 Å². The normalized spacial score (nSPS) is 19.7. The van der Waals surface area contributed by atoms with E-state index >= 15 is 0 Å². The molecule has 0 bridgehead atoms. The Morgan fingerprint density at radius 2 is 1.85 bits per heavy atom. The van der Waals surface area contributed by atoms with Gasteiger partial charge in [0.25, 0.3) is 0 Å². The second kappa shape index (κ2) is 12.6. The molecule has 0 saturated heterocycles. The van der Waals surface area contributed by atoms with Crippen molar-refractivity contribution in [2.75, 3.05) is 6.61 Å². The summed E-state index contributed by atoms with van der Waals surface area (Å²) < 4.78 is 19.6. The van der Waals surface area contributed by atoms with Gasteiger partial charge in [-0.2, -0.15) is 0 Å². The standard InChI is InChI=1S/C25H35FO/c1-3-5-7-10-21-13-15-22(16-14-21)11-8-9-12-23-17-18-24(20-25(23)26)27-19-6-4-2/h8,11,17-18,20-22H,3-7,10,13-16,19H2,1-2H3/b11-8+. The van der Waals surface area contributed by atoms with Gasteiger partial charge in [0.2, 0.25) is 0 Å². The van der Waals surface area contributed by atoms with E-state index in [1.54, 1.807) is 12.1 Å². The number of hydrogen-bond donors (Lipinski definition) is 0. The first-order chi connectivity index (χ1) is 13.2. The van der Waals surface area contributed by atoms with Crippen molar-refractivity contribution in [2.24, 2.45) is 11.8 Å². The molecule has 0 heterocycles. The summed E-state index contributed by atoms with van der Waals surface area (Å²) in [4.78, 5) is 0. The Morgan fingerprint density at radius 3 is 2.56 bits per heavy atom.